The zero-order valence-electron chi connectivity index (χ0n) is 15.3. The van der Waals surface area contributed by atoms with Crippen molar-refractivity contribution in [1.29, 1.82) is 0 Å². The topological polar surface area (TPSA) is 74.6 Å². The number of aliphatic hydroxyl groups excluding tert-OH is 2. The van der Waals surface area contributed by atoms with Gasteiger partial charge >= 0.3 is 0 Å². The minimum atomic E-state index is -0.975. The van der Waals surface area contributed by atoms with Crippen LogP contribution >= 0.6 is 0 Å². The summed E-state index contributed by atoms with van der Waals surface area (Å²) in [6.45, 7) is 8.04. The first-order valence-electron chi connectivity index (χ1n) is 9.14. The van der Waals surface area contributed by atoms with Gasteiger partial charge in [-0.3, -0.25) is 9.59 Å². The second-order valence-electron chi connectivity index (χ2n) is 9.42. The molecule has 0 saturated heterocycles. The van der Waals surface area contributed by atoms with Crippen molar-refractivity contribution in [3.63, 3.8) is 0 Å². The summed E-state index contributed by atoms with van der Waals surface area (Å²) in [7, 11) is 0. The Morgan fingerprint density at radius 3 is 2.38 bits per heavy atom. The van der Waals surface area contributed by atoms with Gasteiger partial charge in [0, 0.05) is 34.8 Å². The fourth-order valence-corrected chi connectivity index (χ4v) is 5.77. The van der Waals surface area contributed by atoms with Crippen molar-refractivity contribution in [2.75, 3.05) is 6.61 Å². The maximum atomic E-state index is 13.1. The molecule has 0 radical (unpaired) electrons. The molecule has 0 aromatic rings. The van der Waals surface area contributed by atoms with Crippen LogP contribution in [-0.4, -0.2) is 34.5 Å². The number of ketones is 2. The Morgan fingerprint density at radius 2 is 1.75 bits per heavy atom. The highest BCUT2D eigenvalue weighted by Gasteiger charge is 2.57. The minimum Gasteiger partial charge on any atom is -0.394 e. The van der Waals surface area contributed by atoms with Crippen LogP contribution in [0.1, 0.15) is 66.2 Å². The van der Waals surface area contributed by atoms with Crippen molar-refractivity contribution < 1.29 is 19.8 Å². The third-order valence-corrected chi connectivity index (χ3v) is 7.23. The molecule has 4 nitrogen and oxygen atoms in total. The summed E-state index contributed by atoms with van der Waals surface area (Å²) in [6.07, 6.45) is 3.27. The fraction of sp³-hybridized carbons (Fsp3) is 0.800. The van der Waals surface area contributed by atoms with Crippen LogP contribution in [0.2, 0.25) is 0 Å². The molecule has 4 atom stereocenters. The summed E-state index contributed by atoms with van der Waals surface area (Å²) < 4.78 is 0. The van der Waals surface area contributed by atoms with Gasteiger partial charge in [-0.15, -0.1) is 0 Å². The molecule has 1 fully saturated rings. The Hall–Kier alpha value is -1.00. The van der Waals surface area contributed by atoms with Crippen LogP contribution < -0.4 is 0 Å². The Balaban J connectivity index is 2.10. The molecule has 3 rings (SSSR count). The van der Waals surface area contributed by atoms with Crippen LogP contribution in [0.5, 0.6) is 0 Å². The van der Waals surface area contributed by atoms with Crippen LogP contribution in [0.4, 0.5) is 0 Å². The van der Waals surface area contributed by atoms with Crippen LogP contribution in [0.15, 0.2) is 11.1 Å². The van der Waals surface area contributed by atoms with E-state index in [2.05, 4.69) is 20.8 Å². The van der Waals surface area contributed by atoms with Gasteiger partial charge in [0.05, 0.1) is 12.7 Å². The van der Waals surface area contributed by atoms with Crippen LogP contribution in [-0.2, 0) is 9.59 Å². The second-order valence-corrected chi connectivity index (χ2v) is 9.42. The number of allylic oxidation sites excluding steroid dienone is 2. The second kappa shape index (κ2) is 5.50. The number of aliphatic hydroxyl groups is 2. The van der Waals surface area contributed by atoms with Gasteiger partial charge in [0.25, 0.3) is 0 Å². The van der Waals surface area contributed by atoms with E-state index in [1.807, 2.05) is 6.92 Å². The smallest absolute Gasteiger partial charge is 0.160 e. The Kier molecular flexibility index (Phi) is 4.08. The summed E-state index contributed by atoms with van der Waals surface area (Å²) in [4.78, 5) is 26.0. The van der Waals surface area contributed by atoms with Crippen molar-refractivity contribution in [3.8, 4) is 0 Å². The average molecular weight is 334 g/mol. The molecule has 0 spiro atoms. The average Bonchev–Trinajstić information content (AvgIpc) is 2.48. The minimum absolute atomic E-state index is 0.00417. The van der Waals surface area contributed by atoms with Crippen LogP contribution in [0, 0.1) is 22.2 Å². The van der Waals surface area contributed by atoms with E-state index >= 15 is 0 Å². The van der Waals surface area contributed by atoms with E-state index in [0.717, 1.165) is 24.8 Å². The summed E-state index contributed by atoms with van der Waals surface area (Å²) in [5.74, 6) is 0.289. The Labute approximate surface area is 144 Å². The highest BCUT2D eigenvalue weighted by atomic mass is 16.3. The summed E-state index contributed by atoms with van der Waals surface area (Å²) in [6, 6.07) is 0. The number of hydrogen-bond donors (Lipinski definition) is 2. The lowest BCUT2D eigenvalue weighted by Gasteiger charge is -2.56. The van der Waals surface area contributed by atoms with Gasteiger partial charge in [0.1, 0.15) is 0 Å². The van der Waals surface area contributed by atoms with E-state index in [1.54, 1.807) is 0 Å². The fourth-order valence-electron chi connectivity index (χ4n) is 5.77. The molecule has 0 amide bonds. The third-order valence-electron chi connectivity index (χ3n) is 7.23. The van der Waals surface area contributed by atoms with Crippen molar-refractivity contribution in [3.05, 3.63) is 11.1 Å². The van der Waals surface area contributed by atoms with Crippen molar-refractivity contribution >= 4 is 11.6 Å². The first kappa shape index (κ1) is 17.8. The van der Waals surface area contributed by atoms with E-state index in [1.165, 1.54) is 0 Å². The Bertz CT molecular complexity index is 617. The van der Waals surface area contributed by atoms with E-state index < -0.39 is 11.5 Å². The highest BCUT2D eigenvalue weighted by molar-refractivity contribution is 6.10. The van der Waals surface area contributed by atoms with Gasteiger partial charge in [-0.05, 0) is 30.6 Å². The molecule has 4 heteroatoms. The molecule has 1 saturated carbocycles. The number of rotatable bonds is 2. The zero-order valence-corrected chi connectivity index (χ0v) is 15.3. The van der Waals surface area contributed by atoms with Gasteiger partial charge in [0.2, 0.25) is 0 Å². The van der Waals surface area contributed by atoms with Crippen molar-refractivity contribution in [2.24, 2.45) is 22.2 Å². The number of Topliss-reactive ketones (excluding diaryl/α,β-unsaturated/α-hetero) is 2. The van der Waals surface area contributed by atoms with Crippen LogP contribution in [0.25, 0.3) is 0 Å². The number of carbonyl (C=O) groups is 2. The van der Waals surface area contributed by atoms with Crippen LogP contribution in [0.3, 0.4) is 0 Å². The van der Waals surface area contributed by atoms with Gasteiger partial charge < -0.3 is 10.2 Å². The molecule has 134 valence electrons. The third kappa shape index (κ3) is 2.41. The monoisotopic (exact) mass is 334 g/mol. The quantitative estimate of drug-likeness (QED) is 0.814. The first-order chi connectivity index (χ1) is 11.0. The molecule has 0 aromatic heterocycles. The summed E-state index contributed by atoms with van der Waals surface area (Å²) in [5.41, 5.74) is 0.477. The predicted octanol–water partition coefficient (Wildman–Crippen LogP) is 2.81. The molecule has 1 unspecified atom stereocenters. The van der Waals surface area contributed by atoms with E-state index in [4.69, 9.17) is 0 Å². The Morgan fingerprint density at radius 1 is 1.08 bits per heavy atom. The summed E-state index contributed by atoms with van der Waals surface area (Å²) >= 11 is 0. The molecular weight excluding hydrogens is 304 g/mol. The lowest BCUT2D eigenvalue weighted by atomic mass is 9.47. The van der Waals surface area contributed by atoms with Gasteiger partial charge in [-0.25, -0.2) is 0 Å². The SMILES string of the molecule is CC1(C)CCC[C@]2(C)C3=C(C[C@](C)(C(O)CO)CC3=O)C(=O)C[C@@H]12. The molecular formula is C20H30O4. The van der Waals surface area contributed by atoms with Crippen molar-refractivity contribution in [2.45, 2.75) is 72.3 Å². The molecule has 0 bridgehead atoms. The largest absolute Gasteiger partial charge is 0.394 e. The van der Waals surface area contributed by atoms with Gasteiger partial charge in [-0.2, -0.15) is 0 Å². The molecule has 0 aliphatic heterocycles. The standard InChI is InChI=1S/C20H30O4/c1-18(2)6-5-7-20(4)15(18)8-13(22)12-9-19(3,16(24)11-21)10-14(23)17(12)20/h15-16,21,24H,5-11H2,1-4H3/t15-,16?,19-,20-/m0/s1. The maximum absolute atomic E-state index is 13.1. The predicted molar refractivity (Wildman–Crippen MR) is 91.3 cm³/mol. The van der Waals surface area contributed by atoms with E-state index in [9.17, 15) is 19.8 Å². The van der Waals surface area contributed by atoms with Crippen molar-refractivity contribution in [1.82, 2.24) is 0 Å². The van der Waals surface area contributed by atoms with E-state index in [0.29, 0.717) is 18.4 Å². The lowest BCUT2D eigenvalue weighted by Crippen LogP contribution is -2.52. The van der Waals surface area contributed by atoms with E-state index in [-0.39, 0.29) is 41.3 Å². The number of carbonyl (C=O) groups excluding carboxylic acids is 2. The highest BCUT2D eigenvalue weighted by Crippen LogP contribution is 2.61. The molecule has 0 aromatic carbocycles. The number of hydrogen-bond acceptors (Lipinski definition) is 4. The summed E-state index contributed by atoms with van der Waals surface area (Å²) in [5, 5.41) is 19.5. The maximum Gasteiger partial charge on any atom is 0.160 e. The normalized spacial score (nSPS) is 40.2. The first-order valence-corrected chi connectivity index (χ1v) is 9.14. The molecule has 2 N–H and O–H groups in total. The zero-order chi connectivity index (χ0) is 17.9. The molecule has 3 aliphatic rings. The molecule has 24 heavy (non-hydrogen) atoms. The van der Waals surface area contributed by atoms with Gasteiger partial charge in [-0.1, -0.05) is 34.1 Å². The molecule has 3 aliphatic carbocycles. The molecule has 0 heterocycles. The number of fused-ring (bicyclic) bond motifs is 2. The lowest BCUT2D eigenvalue weighted by molar-refractivity contribution is -0.132. The van der Waals surface area contributed by atoms with Gasteiger partial charge in [0.15, 0.2) is 11.6 Å².